The van der Waals surface area contributed by atoms with Crippen LogP contribution in [0.3, 0.4) is 0 Å². The molecule has 2 aliphatic heterocycles. The molecule has 1 N–H and O–H groups in total. The van der Waals surface area contributed by atoms with Crippen molar-refractivity contribution in [3.63, 3.8) is 0 Å². The molecule has 1 aromatic carbocycles. The van der Waals surface area contributed by atoms with Gasteiger partial charge in [-0.2, -0.15) is 0 Å². The summed E-state index contributed by atoms with van der Waals surface area (Å²) in [6, 6.07) is 6.81. The third-order valence-electron chi connectivity index (χ3n) is 5.61. The van der Waals surface area contributed by atoms with Gasteiger partial charge in [-0.25, -0.2) is 0 Å². The van der Waals surface area contributed by atoms with E-state index in [1.165, 1.54) is 6.92 Å². The summed E-state index contributed by atoms with van der Waals surface area (Å²) in [5.74, 6) is 0.0505. The summed E-state index contributed by atoms with van der Waals surface area (Å²) in [6.07, 6.45) is 3.18. The van der Waals surface area contributed by atoms with Crippen molar-refractivity contribution in [3.8, 4) is 0 Å². The number of benzene rings is 1. The van der Waals surface area contributed by atoms with Crippen LogP contribution in [0.2, 0.25) is 0 Å². The number of aliphatic hydroxyl groups is 1. The minimum absolute atomic E-state index is 0.0169. The van der Waals surface area contributed by atoms with Crippen molar-refractivity contribution in [2.75, 3.05) is 32.8 Å². The van der Waals surface area contributed by atoms with E-state index < -0.39 is 0 Å². The molecule has 0 bridgehead atoms. The van der Waals surface area contributed by atoms with E-state index in [1.54, 1.807) is 29.2 Å². The zero-order valence-electron chi connectivity index (χ0n) is 15.2. The predicted molar refractivity (Wildman–Crippen MR) is 96.9 cm³/mol. The number of aliphatic hydroxyl groups excluding tert-OH is 1. The van der Waals surface area contributed by atoms with Gasteiger partial charge in [-0.3, -0.25) is 14.4 Å². The molecular formula is C20H26N2O4. The molecule has 0 aromatic heterocycles. The molecule has 6 heteroatoms. The van der Waals surface area contributed by atoms with Gasteiger partial charge in [0, 0.05) is 49.1 Å². The fraction of sp³-hybridized carbons (Fsp3) is 0.550. The Balaban J connectivity index is 1.72. The van der Waals surface area contributed by atoms with Crippen LogP contribution >= 0.6 is 0 Å². The predicted octanol–water partition coefficient (Wildman–Crippen LogP) is 1.73. The number of carbonyl (C=O) groups is 3. The van der Waals surface area contributed by atoms with Crippen LogP contribution in [0.4, 0.5) is 0 Å². The van der Waals surface area contributed by atoms with E-state index in [0.29, 0.717) is 43.7 Å². The summed E-state index contributed by atoms with van der Waals surface area (Å²) in [4.78, 5) is 39.9. The Hall–Kier alpha value is -2.21. The zero-order valence-corrected chi connectivity index (χ0v) is 15.2. The SMILES string of the molecule is CC(=O)c1ccc(C(=O)N2CCC[C@@]3(CCC(=O)N(CCO)C3)C2)cc1. The molecule has 0 radical (unpaired) electrons. The minimum atomic E-state index is -0.0731. The smallest absolute Gasteiger partial charge is 0.253 e. The molecule has 26 heavy (non-hydrogen) atoms. The van der Waals surface area contributed by atoms with Crippen molar-refractivity contribution >= 4 is 17.6 Å². The molecule has 6 nitrogen and oxygen atoms in total. The maximum atomic E-state index is 12.9. The third kappa shape index (κ3) is 3.80. The van der Waals surface area contributed by atoms with Gasteiger partial charge in [0.15, 0.2) is 5.78 Å². The van der Waals surface area contributed by atoms with E-state index >= 15 is 0 Å². The van der Waals surface area contributed by atoms with Crippen LogP contribution in [0, 0.1) is 5.41 Å². The quantitative estimate of drug-likeness (QED) is 0.832. The average molecular weight is 358 g/mol. The van der Waals surface area contributed by atoms with Gasteiger partial charge in [0.1, 0.15) is 0 Å². The Morgan fingerprint density at radius 2 is 1.81 bits per heavy atom. The van der Waals surface area contributed by atoms with Gasteiger partial charge in [-0.1, -0.05) is 12.1 Å². The molecule has 3 rings (SSSR count). The van der Waals surface area contributed by atoms with Gasteiger partial charge in [0.2, 0.25) is 5.91 Å². The zero-order chi connectivity index (χ0) is 18.7. The summed E-state index contributed by atoms with van der Waals surface area (Å²) in [5, 5.41) is 9.19. The third-order valence-corrected chi connectivity index (χ3v) is 5.61. The molecule has 1 spiro atoms. The monoisotopic (exact) mass is 358 g/mol. The highest BCUT2D eigenvalue weighted by molar-refractivity contribution is 5.97. The highest BCUT2D eigenvalue weighted by Crippen LogP contribution is 2.39. The van der Waals surface area contributed by atoms with Crippen LogP contribution in [0.15, 0.2) is 24.3 Å². The minimum Gasteiger partial charge on any atom is -0.395 e. The van der Waals surface area contributed by atoms with Crippen LogP contribution in [-0.4, -0.2) is 65.3 Å². The number of piperidine rings is 2. The number of Topliss-reactive ketones (excluding diaryl/α,β-unsaturated/α-hetero) is 1. The molecule has 2 saturated heterocycles. The summed E-state index contributed by atoms with van der Waals surface area (Å²) >= 11 is 0. The normalized spacial score (nSPS) is 23.4. The van der Waals surface area contributed by atoms with Crippen LogP contribution in [-0.2, 0) is 4.79 Å². The van der Waals surface area contributed by atoms with Gasteiger partial charge in [-0.05, 0) is 38.3 Å². The molecule has 2 fully saturated rings. The van der Waals surface area contributed by atoms with Crippen molar-refractivity contribution in [2.45, 2.75) is 32.6 Å². The van der Waals surface area contributed by atoms with E-state index in [9.17, 15) is 19.5 Å². The molecule has 1 aromatic rings. The van der Waals surface area contributed by atoms with Crippen LogP contribution in [0.1, 0.15) is 53.3 Å². The van der Waals surface area contributed by atoms with E-state index in [-0.39, 0.29) is 29.6 Å². The highest BCUT2D eigenvalue weighted by Gasteiger charge is 2.42. The lowest BCUT2D eigenvalue weighted by Gasteiger charge is -2.48. The molecule has 2 aliphatic rings. The first-order valence-corrected chi connectivity index (χ1v) is 9.23. The molecule has 1 atom stereocenters. The number of rotatable bonds is 4. The first-order chi connectivity index (χ1) is 12.4. The largest absolute Gasteiger partial charge is 0.395 e. The lowest BCUT2D eigenvalue weighted by atomic mass is 9.73. The van der Waals surface area contributed by atoms with Crippen LogP contribution < -0.4 is 0 Å². The lowest BCUT2D eigenvalue weighted by Crippen LogP contribution is -2.55. The molecule has 0 unspecified atom stereocenters. The van der Waals surface area contributed by atoms with Gasteiger partial charge in [0.25, 0.3) is 5.91 Å². The van der Waals surface area contributed by atoms with Gasteiger partial charge in [-0.15, -0.1) is 0 Å². The Bertz CT molecular complexity index is 700. The van der Waals surface area contributed by atoms with Gasteiger partial charge < -0.3 is 14.9 Å². The van der Waals surface area contributed by atoms with Gasteiger partial charge in [0.05, 0.1) is 6.61 Å². The highest BCUT2D eigenvalue weighted by atomic mass is 16.3. The number of ketones is 1. The number of carbonyl (C=O) groups excluding carboxylic acids is 3. The molecule has 0 saturated carbocycles. The van der Waals surface area contributed by atoms with Gasteiger partial charge >= 0.3 is 0 Å². The summed E-state index contributed by atoms with van der Waals surface area (Å²) in [5.41, 5.74) is 1.12. The standard InChI is InChI=1S/C20H26N2O4/c1-15(24)16-3-5-17(6-4-16)19(26)22-10-2-8-20(14-22)9-7-18(25)21(13-20)11-12-23/h3-6,23H,2,7-14H2,1H3/t20-/m0/s1. The maximum absolute atomic E-state index is 12.9. The second-order valence-corrected chi connectivity index (χ2v) is 7.50. The van der Waals surface area contributed by atoms with E-state index in [2.05, 4.69) is 0 Å². The fourth-order valence-electron chi connectivity index (χ4n) is 4.17. The second-order valence-electron chi connectivity index (χ2n) is 7.50. The van der Waals surface area contributed by atoms with Crippen molar-refractivity contribution in [1.82, 2.24) is 9.80 Å². The first kappa shape index (κ1) is 18.6. The van der Waals surface area contributed by atoms with Crippen molar-refractivity contribution in [1.29, 1.82) is 0 Å². The van der Waals surface area contributed by atoms with E-state index in [1.807, 2.05) is 4.90 Å². The number of amides is 2. The van der Waals surface area contributed by atoms with Crippen molar-refractivity contribution in [2.24, 2.45) is 5.41 Å². The fourth-order valence-corrected chi connectivity index (χ4v) is 4.17. The number of β-amino-alcohol motifs (C(OH)–C–C–N with tert-alkyl or cyclic N) is 1. The average Bonchev–Trinajstić information content (AvgIpc) is 2.65. The lowest BCUT2D eigenvalue weighted by molar-refractivity contribution is -0.139. The first-order valence-electron chi connectivity index (χ1n) is 9.23. The Labute approximate surface area is 153 Å². The number of nitrogens with zero attached hydrogens (tertiary/aromatic N) is 2. The van der Waals surface area contributed by atoms with E-state index in [0.717, 1.165) is 19.3 Å². The van der Waals surface area contributed by atoms with E-state index in [4.69, 9.17) is 0 Å². The molecule has 140 valence electrons. The maximum Gasteiger partial charge on any atom is 0.253 e. The number of likely N-dealkylation sites (tertiary alicyclic amines) is 2. The van der Waals surface area contributed by atoms with Crippen molar-refractivity contribution in [3.05, 3.63) is 35.4 Å². The topological polar surface area (TPSA) is 77.9 Å². The molecule has 2 amide bonds. The van der Waals surface area contributed by atoms with Crippen LogP contribution in [0.5, 0.6) is 0 Å². The number of hydrogen-bond acceptors (Lipinski definition) is 4. The summed E-state index contributed by atoms with van der Waals surface area (Å²) in [6.45, 7) is 3.79. The molecule has 0 aliphatic carbocycles. The Morgan fingerprint density at radius 1 is 1.12 bits per heavy atom. The molecule has 2 heterocycles. The summed E-state index contributed by atoms with van der Waals surface area (Å²) < 4.78 is 0. The summed E-state index contributed by atoms with van der Waals surface area (Å²) in [7, 11) is 0. The molecular weight excluding hydrogens is 332 g/mol. The number of hydrogen-bond donors (Lipinski definition) is 1. The Kier molecular flexibility index (Phi) is 5.41. The van der Waals surface area contributed by atoms with Crippen LogP contribution in [0.25, 0.3) is 0 Å². The second kappa shape index (κ2) is 7.58. The Morgan fingerprint density at radius 3 is 2.46 bits per heavy atom. The van der Waals surface area contributed by atoms with Crippen molar-refractivity contribution < 1.29 is 19.5 Å².